The molecule has 2 aromatic rings. The van der Waals surface area contributed by atoms with Crippen LogP contribution in [0.2, 0.25) is 5.02 Å². The van der Waals surface area contributed by atoms with Gasteiger partial charge in [0.15, 0.2) is 0 Å². The molecule has 0 aliphatic rings. The highest BCUT2D eigenvalue weighted by atomic mass is 35.5. The second-order valence-corrected chi connectivity index (χ2v) is 6.17. The van der Waals surface area contributed by atoms with E-state index in [2.05, 4.69) is 10.1 Å². The van der Waals surface area contributed by atoms with E-state index >= 15 is 0 Å². The SMILES string of the molecule is CC(C)(C)C(O)(c1ccc(Cl)cc1)C(F)n1cncn1. The molecule has 108 valence electrons. The molecule has 1 aromatic heterocycles. The maximum Gasteiger partial charge on any atom is 0.226 e. The van der Waals surface area contributed by atoms with Crippen LogP contribution in [0.1, 0.15) is 32.6 Å². The molecule has 0 fully saturated rings. The highest BCUT2D eigenvalue weighted by molar-refractivity contribution is 6.30. The summed E-state index contributed by atoms with van der Waals surface area (Å²) >= 11 is 5.85. The molecule has 4 nitrogen and oxygen atoms in total. The van der Waals surface area contributed by atoms with E-state index in [-0.39, 0.29) is 0 Å². The van der Waals surface area contributed by atoms with Gasteiger partial charge in [-0.05, 0) is 23.1 Å². The Hall–Kier alpha value is -1.46. The van der Waals surface area contributed by atoms with Crippen molar-refractivity contribution < 1.29 is 9.50 Å². The smallest absolute Gasteiger partial charge is 0.226 e. The van der Waals surface area contributed by atoms with Crippen LogP contribution >= 0.6 is 11.6 Å². The molecule has 1 N–H and O–H groups in total. The molecule has 6 heteroatoms. The van der Waals surface area contributed by atoms with Crippen LogP contribution in [0, 0.1) is 5.41 Å². The lowest BCUT2D eigenvalue weighted by atomic mass is 9.71. The molecule has 1 aromatic carbocycles. The number of alkyl halides is 1. The molecule has 0 saturated carbocycles. The maximum atomic E-state index is 14.9. The van der Waals surface area contributed by atoms with Gasteiger partial charge in [-0.2, -0.15) is 5.10 Å². The Bertz CT molecular complexity index is 565. The first-order chi connectivity index (χ1) is 9.26. The largest absolute Gasteiger partial charge is 0.379 e. The maximum absolute atomic E-state index is 14.9. The number of aliphatic hydroxyl groups is 1. The molecule has 0 aliphatic carbocycles. The van der Waals surface area contributed by atoms with Gasteiger partial charge in [-0.3, -0.25) is 0 Å². The first kappa shape index (κ1) is 14.9. The van der Waals surface area contributed by atoms with Crippen molar-refractivity contribution in [1.82, 2.24) is 14.8 Å². The zero-order valence-corrected chi connectivity index (χ0v) is 12.3. The molecule has 0 radical (unpaired) electrons. The minimum absolute atomic E-state index is 0.442. The van der Waals surface area contributed by atoms with Crippen LogP contribution in [-0.2, 0) is 5.60 Å². The Morgan fingerprint density at radius 2 is 1.85 bits per heavy atom. The van der Waals surface area contributed by atoms with Crippen LogP contribution in [0.4, 0.5) is 4.39 Å². The van der Waals surface area contributed by atoms with Gasteiger partial charge in [0.05, 0.1) is 0 Å². The van der Waals surface area contributed by atoms with Gasteiger partial charge < -0.3 is 5.11 Å². The summed E-state index contributed by atoms with van der Waals surface area (Å²) < 4.78 is 15.9. The van der Waals surface area contributed by atoms with Gasteiger partial charge in [0.1, 0.15) is 18.3 Å². The molecule has 0 bridgehead atoms. The molecule has 0 spiro atoms. The van der Waals surface area contributed by atoms with E-state index in [4.69, 9.17) is 11.6 Å². The molecule has 0 saturated heterocycles. The molecular formula is C14H17ClFN3O. The highest BCUT2D eigenvalue weighted by Crippen LogP contribution is 2.47. The van der Waals surface area contributed by atoms with Gasteiger partial charge in [-0.15, -0.1) is 0 Å². The molecular weight excluding hydrogens is 281 g/mol. The predicted molar refractivity (Wildman–Crippen MR) is 75.0 cm³/mol. The second-order valence-electron chi connectivity index (χ2n) is 5.73. The van der Waals surface area contributed by atoms with Gasteiger partial charge in [-0.1, -0.05) is 44.5 Å². The monoisotopic (exact) mass is 297 g/mol. The number of hydrogen-bond donors (Lipinski definition) is 1. The average Bonchev–Trinajstić information content (AvgIpc) is 2.90. The molecule has 2 rings (SSSR count). The quantitative estimate of drug-likeness (QED) is 0.945. The van der Waals surface area contributed by atoms with Gasteiger partial charge in [0, 0.05) is 5.02 Å². The van der Waals surface area contributed by atoms with Crippen molar-refractivity contribution in [1.29, 1.82) is 0 Å². The topological polar surface area (TPSA) is 50.9 Å². The Labute approximate surface area is 122 Å². The van der Waals surface area contributed by atoms with Crippen LogP contribution in [-0.4, -0.2) is 19.9 Å². The third kappa shape index (κ3) is 2.43. The van der Waals surface area contributed by atoms with Crippen LogP contribution in [0.3, 0.4) is 0 Å². The molecule has 1 heterocycles. The summed E-state index contributed by atoms with van der Waals surface area (Å²) in [5.41, 5.74) is -2.07. The summed E-state index contributed by atoms with van der Waals surface area (Å²) in [5, 5.41) is 15.4. The molecule has 2 unspecified atom stereocenters. The first-order valence-electron chi connectivity index (χ1n) is 6.23. The Balaban J connectivity index is 2.54. The van der Waals surface area contributed by atoms with Crippen molar-refractivity contribution in [2.24, 2.45) is 5.41 Å². The van der Waals surface area contributed by atoms with E-state index < -0.39 is 17.3 Å². The normalized spacial score (nSPS) is 16.7. The number of hydrogen-bond acceptors (Lipinski definition) is 3. The van der Waals surface area contributed by atoms with E-state index in [9.17, 15) is 9.50 Å². The van der Waals surface area contributed by atoms with Crippen molar-refractivity contribution >= 4 is 11.6 Å². The number of rotatable bonds is 3. The summed E-state index contributed by atoms with van der Waals surface area (Å²) in [7, 11) is 0. The fraction of sp³-hybridized carbons (Fsp3) is 0.429. The standard InChI is InChI=1S/C14H17ClFN3O/c1-13(2,3)14(20,10-4-6-11(15)7-5-10)12(16)19-9-17-8-18-19/h4-9,12,20H,1-3H3. The average molecular weight is 298 g/mol. The lowest BCUT2D eigenvalue weighted by Gasteiger charge is -2.42. The Morgan fingerprint density at radius 1 is 1.25 bits per heavy atom. The Morgan fingerprint density at radius 3 is 2.30 bits per heavy atom. The van der Waals surface area contributed by atoms with E-state index in [1.54, 1.807) is 45.0 Å². The fourth-order valence-electron chi connectivity index (χ4n) is 2.16. The van der Waals surface area contributed by atoms with Gasteiger partial charge >= 0.3 is 0 Å². The molecule has 0 amide bonds. The second kappa shape index (κ2) is 5.14. The van der Waals surface area contributed by atoms with Crippen molar-refractivity contribution in [3.05, 3.63) is 47.5 Å². The predicted octanol–water partition coefficient (Wildman–Crippen LogP) is 3.33. The Kier molecular flexibility index (Phi) is 3.84. The van der Waals surface area contributed by atoms with Crippen LogP contribution in [0.25, 0.3) is 0 Å². The zero-order valence-electron chi connectivity index (χ0n) is 11.6. The molecule has 0 aliphatic heterocycles. The summed E-state index contributed by atoms with van der Waals surface area (Å²) in [4.78, 5) is 3.73. The van der Waals surface area contributed by atoms with Crippen LogP contribution in [0.5, 0.6) is 0 Å². The third-order valence-electron chi connectivity index (χ3n) is 3.44. The van der Waals surface area contributed by atoms with Gasteiger partial charge in [0.2, 0.25) is 6.30 Å². The van der Waals surface area contributed by atoms with Crippen LogP contribution < -0.4 is 0 Å². The summed E-state index contributed by atoms with van der Waals surface area (Å²) in [6, 6.07) is 6.50. The minimum atomic E-state index is -1.76. The number of nitrogens with zero attached hydrogens (tertiary/aromatic N) is 3. The number of halogens is 2. The molecule has 2 atom stereocenters. The van der Waals surface area contributed by atoms with Crippen molar-refractivity contribution in [3.8, 4) is 0 Å². The summed E-state index contributed by atoms with van der Waals surface area (Å²) in [5.74, 6) is 0. The van der Waals surface area contributed by atoms with E-state index in [1.807, 2.05) is 0 Å². The zero-order chi connectivity index (χ0) is 15.0. The lowest BCUT2D eigenvalue weighted by molar-refractivity contribution is -0.152. The van der Waals surface area contributed by atoms with E-state index in [1.165, 1.54) is 12.7 Å². The van der Waals surface area contributed by atoms with Crippen LogP contribution in [0.15, 0.2) is 36.9 Å². The van der Waals surface area contributed by atoms with Crippen molar-refractivity contribution in [3.63, 3.8) is 0 Å². The van der Waals surface area contributed by atoms with Crippen molar-refractivity contribution in [2.75, 3.05) is 0 Å². The van der Waals surface area contributed by atoms with Gasteiger partial charge in [0.25, 0.3) is 0 Å². The minimum Gasteiger partial charge on any atom is -0.379 e. The fourth-order valence-corrected chi connectivity index (χ4v) is 2.28. The van der Waals surface area contributed by atoms with Gasteiger partial charge in [-0.25, -0.2) is 14.1 Å². The molecule has 20 heavy (non-hydrogen) atoms. The summed E-state index contributed by atoms with van der Waals surface area (Å²) in [6.45, 7) is 5.31. The number of aromatic nitrogens is 3. The highest BCUT2D eigenvalue weighted by Gasteiger charge is 2.50. The van der Waals surface area contributed by atoms with E-state index in [0.29, 0.717) is 10.6 Å². The van der Waals surface area contributed by atoms with Crippen molar-refractivity contribution in [2.45, 2.75) is 32.7 Å². The first-order valence-corrected chi connectivity index (χ1v) is 6.61. The number of benzene rings is 1. The van der Waals surface area contributed by atoms with E-state index in [0.717, 1.165) is 4.68 Å². The lowest BCUT2D eigenvalue weighted by Crippen LogP contribution is -2.46. The summed E-state index contributed by atoms with van der Waals surface area (Å²) in [6.07, 6.45) is 0.723. The third-order valence-corrected chi connectivity index (χ3v) is 3.69.